The number of ether oxygens (including phenoxy) is 1. The number of carbonyl (C=O) groups excluding carboxylic acids is 4. The lowest BCUT2D eigenvalue weighted by molar-refractivity contribution is -0.123. The second kappa shape index (κ2) is 10.9. The molecule has 3 rings (SSSR count). The summed E-state index contributed by atoms with van der Waals surface area (Å²) in [5, 5.41) is 5.72. The van der Waals surface area contributed by atoms with Crippen LogP contribution < -0.4 is 10.6 Å². The van der Waals surface area contributed by atoms with Gasteiger partial charge in [-0.1, -0.05) is 32.9 Å². The van der Waals surface area contributed by atoms with Crippen molar-refractivity contribution in [1.82, 2.24) is 5.32 Å². The fourth-order valence-electron chi connectivity index (χ4n) is 2.95. The number of hydrogen-bond acceptors (Lipinski definition) is 6. The first-order valence-corrected chi connectivity index (χ1v) is 12.2. The van der Waals surface area contributed by atoms with Crippen molar-refractivity contribution in [3.05, 3.63) is 59.7 Å². The van der Waals surface area contributed by atoms with Gasteiger partial charge in [0.15, 0.2) is 6.10 Å². The minimum absolute atomic E-state index is 0.0682. The summed E-state index contributed by atoms with van der Waals surface area (Å²) in [7, 11) is 0. The number of ketones is 1. The van der Waals surface area contributed by atoms with Crippen molar-refractivity contribution in [2.45, 2.75) is 57.6 Å². The molecule has 0 aliphatic heterocycles. The van der Waals surface area contributed by atoms with E-state index in [0.29, 0.717) is 21.7 Å². The van der Waals surface area contributed by atoms with E-state index in [1.54, 1.807) is 48.5 Å². The highest BCUT2D eigenvalue weighted by atomic mass is 32.2. The molecule has 0 bridgehead atoms. The van der Waals surface area contributed by atoms with Gasteiger partial charge in [-0.25, -0.2) is 4.79 Å². The molecule has 1 aliphatic carbocycles. The quantitative estimate of drug-likeness (QED) is 0.311. The van der Waals surface area contributed by atoms with E-state index in [1.165, 1.54) is 18.7 Å². The van der Waals surface area contributed by atoms with E-state index in [4.69, 9.17) is 4.74 Å². The number of nitrogens with one attached hydrogen (secondary N) is 2. The molecule has 2 aromatic rings. The van der Waals surface area contributed by atoms with Gasteiger partial charge in [-0.2, -0.15) is 0 Å². The standard InChI is InChI=1S/C26H30N2O5S/c1-16(23(30)17-9-11-19(12-10-17)28-25(32)26(2,3)4)33-24(31)20-7-5-6-8-21(20)34-15-22(29)27-18-13-14-18/h5-12,16,18H,13-15H2,1-4H3,(H,27,29)(H,28,32)/t16-/m0/s1. The fourth-order valence-corrected chi connectivity index (χ4v) is 3.80. The predicted octanol–water partition coefficient (Wildman–Crippen LogP) is 4.47. The van der Waals surface area contributed by atoms with Crippen molar-refractivity contribution in [3.8, 4) is 0 Å². The molecule has 7 nitrogen and oxygen atoms in total. The van der Waals surface area contributed by atoms with E-state index < -0.39 is 17.5 Å². The zero-order chi connectivity index (χ0) is 24.9. The number of esters is 1. The summed E-state index contributed by atoms with van der Waals surface area (Å²) in [6.07, 6.45) is 1.03. The third-order valence-corrected chi connectivity index (χ3v) is 6.24. The highest BCUT2D eigenvalue weighted by molar-refractivity contribution is 8.00. The van der Waals surface area contributed by atoms with Crippen LogP contribution in [0.25, 0.3) is 0 Å². The summed E-state index contributed by atoms with van der Waals surface area (Å²) >= 11 is 1.26. The first-order valence-electron chi connectivity index (χ1n) is 11.2. The summed E-state index contributed by atoms with van der Waals surface area (Å²) in [5.41, 5.74) is 0.727. The van der Waals surface area contributed by atoms with Crippen molar-refractivity contribution >= 4 is 41.0 Å². The molecule has 0 radical (unpaired) electrons. The topological polar surface area (TPSA) is 102 Å². The zero-order valence-corrected chi connectivity index (χ0v) is 20.7. The lowest BCUT2D eigenvalue weighted by atomic mass is 9.95. The summed E-state index contributed by atoms with van der Waals surface area (Å²) in [4.78, 5) is 50.3. The van der Waals surface area contributed by atoms with Gasteiger partial charge in [-0.15, -0.1) is 11.8 Å². The van der Waals surface area contributed by atoms with Gasteiger partial charge in [0.25, 0.3) is 0 Å². The van der Waals surface area contributed by atoms with E-state index in [1.807, 2.05) is 20.8 Å². The highest BCUT2D eigenvalue weighted by Crippen LogP contribution is 2.25. The average Bonchev–Trinajstić information content (AvgIpc) is 3.61. The van der Waals surface area contributed by atoms with Crippen LogP contribution in [-0.4, -0.2) is 41.5 Å². The van der Waals surface area contributed by atoms with Crippen molar-refractivity contribution < 1.29 is 23.9 Å². The Labute approximate surface area is 204 Å². The van der Waals surface area contributed by atoms with Crippen LogP contribution in [-0.2, 0) is 14.3 Å². The van der Waals surface area contributed by atoms with E-state index in [2.05, 4.69) is 10.6 Å². The minimum Gasteiger partial charge on any atom is -0.451 e. The number of amides is 2. The summed E-state index contributed by atoms with van der Waals surface area (Å²) in [6, 6.07) is 13.6. The summed E-state index contributed by atoms with van der Waals surface area (Å²) in [6.45, 7) is 6.97. The third-order valence-electron chi connectivity index (χ3n) is 5.17. The van der Waals surface area contributed by atoms with Gasteiger partial charge in [-0.05, 0) is 56.2 Å². The van der Waals surface area contributed by atoms with Gasteiger partial charge < -0.3 is 15.4 Å². The number of benzene rings is 2. The number of Topliss-reactive ketones (excluding diaryl/α,β-unsaturated/α-hetero) is 1. The van der Waals surface area contributed by atoms with Crippen molar-refractivity contribution in [1.29, 1.82) is 0 Å². The largest absolute Gasteiger partial charge is 0.451 e. The molecule has 0 heterocycles. The molecule has 8 heteroatoms. The van der Waals surface area contributed by atoms with Gasteiger partial charge in [0.05, 0.1) is 11.3 Å². The fraction of sp³-hybridized carbons (Fsp3) is 0.385. The monoisotopic (exact) mass is 482 g/mol. The number of hydrogen-bond donors (Lipinski definition) is 2. The Morgan fingerprint density at radius 2 is 1.68 bits per heavy atom. The smallest absolute Gasteiger partial charge is 0.339 e. The molecule has 0 spiro atoms. The first-order chi connectivity index (χ1) is 16.0. The SMILES string of the molecule is C[C@H](OC(=O)c1ccccc1SCC(=O)NC1CC1)C(=O)c1ccc(NC(=O)C(C)(C)C)cc1. The number of thioether (sulfide) groups is 1. The molecule has 0 unspecified atom stereocenters. The van der Waals surface area contributed by atoms with E-state index >= 15 is 0 Å². The lowest BCUT2D eigenvalue weighted by Gasteiger charge is -2.18. The van der Waals surface area contributed by atoms with Gasteiger partial charge in [0, 0.05) is 27.6 Å². The summed E-state index contributed by atoms with van der Waals surface area (Å²) < 4.78 is 5.44. The minimum atomic E-state index is -1.00. The normalized spacial score (nSPS) is 14.1. The molecule has 1 atom stereocenters. The maximum atomic E-state index is 12.8. The maximum Gasteiger partial charge on any atom is 0.339 e. The van der Waals surface area contributed by atoms with E-state index in [-0.39, 0.29) is 29.4 Å². The Morgan fingerprint density at radius 1 is 1.03 bits per heavy atom. The molecule has 1 saturated carbocycles. The van der Waals surface area contributed by atoms with E-state index in [9.17, 15) is 19.2 Å². The molecule has 1 fully saturated rings. The molecule has 2 amide bonds. The van der Waals surface area contributed by atoms with Gasteiger partial charge >= 0.3 is 5.97 Å². The molecular weight excluding hydrogens is 452 g/mol. The first kappa shape index (κ1) is 25.5. The Bertz CT molecular complexity index is 1070. The van der Waals surface area contributed by atoms with Crippen LogP contribution in [0.15, 0.2) is 53.4 Å². The Hall–Kier alpha value is -3.13. The van der Waals surface area contributed by atoms with Crippen LogP contribution in [0.2, 0.25) is 0 Å². The van der Waals surface area contributed by atoms with Gasteiger partial charge in [-0.3, -0.25) is 14.4 Å². The van der Waals surface area contributed by atoms with Crippen molar-refractivity contribution in [2.75, 3.05) is 11.1 Å². The van der Waals surface area contributed by atoms with Crippen LogP contribution in [0.1, 0.15) is 61.3 Å². The van der Waals surface area contributed by atoms with Crippen LogP contribution in [0, 0.1) is 5.41 Å². The predicted molar refractivity (Wildman–Crippen MR) is 132 cm³/mol. The molecule has 1 aliphatic rings. The third kappa shape index (κ3) is 7.18. The number of anilines is 1. The van der Waals surface area contributed by atoms with Crippen LogP contribution in [0.3, 0.4) is 0 Å². The highest BCUT2D eigenvalue weighted by Gasteiger charge is 2.25. The number of carbonyl (C=O) groups is 4. The molecule has 0 aromatic heterocycles. The Balaban J connectivity index is 1.59. The molecule has 34 heavy (non-hydrogen) atoms. The van der Waals surface area contributed by atoms with Crippen molar-refractivity contribution in [3.63, 3.8) is 0 Å². The van der Waals surface area contributed by atoms with Crippen molar-refractivity contribution in [2.24, 2.45) is 5.41 Å². The maximum absolute atomic E-state index is 12.8. The van der Waals surface area contributed by atoms with Crippen LogP contribution >= 0.6 is 11.8 Å². The Morgan fingerprint density at radius 3 is 2.29 bits per heavy atom. The van der Waals surface area contributed by atoms with Crippen LogP contribution in [0.4, 0.5) is 5.69 Å². The molecule has 2 N–H and O–H groups in total. The second-order valence-electron chi connectivity index (χ2n) is 9.32. The lowest BCUT2D eigenvalue weighted by Crippen LogP contribution is -2.28. The zero-order valence-electron chi connectivity index (χ0n) is 19.8. The Kier molecular flexibility index (Phi) is 8.15. The molecule has 2 aromatic carbocycles. The molecular formula is C26H30N2O5S. The molecule has 0 saturated heterocycles. The average molecular weight is 483 g/mol. The van der Waals surface area contributed by atoms with Gasteiger partial charge in [0.1, 0.15) is 0 Å². The van der Waals surface area contributed by atoms with E-state index in [0.717, 1.165) is 12.8 Å². The number of rotatable bonds is 9. The summed E-state index contributed by atoms with van der Waals surface area (Å²) in [5.74, 6) is -0.971. The van der Waals surface area contributed by atoms with Gasteiger partial charge in [0.2, 0.25) is 17.6 Å². The second-order valence-corrected chi connectivity index (χ2v) is 10.3. The molecule has 180 valence electrons. The van der Waals surface area contributed by atoms with Crippen LogP contribution in [0.5, 0.6) is 0 Å².